The van der Waals surface area contributed by atoms with E-state index in [1.54, 1.807) is 31.4 Å². The Labute approximate surface area is 222 Å². The number of nitrogens with one attached hydrogen (secondary N) is 2. The third-order valence-electron chi connectivity index (χ3n) is 5.68. The lowest BCUT2D eigenvalue weighted by atomic mass is 10.0. The Bertz CT molecular complexity index is 1430. The van der Waals surface area contributed by atoms with Crippen LogP contribution in [0, 0.1) is 5.92 Å². The summed E-state index contributed by atoms with van der Waals surface area (Å²) in [5, 5.41) is 5.91. The van der Waals surface area contributed by atoms with Gasteiger partial charge in [0.25, 0.3) is 5.91 Å². The van der Waals surface area contributed by atoms with Gasteiger partial charge in [-0.1, -0.05) is 39.8 Å². The minimum Gasteiger partial charge on any atom is -0.495 e. The number of carbonyl (C=O) groups excluding carboxylic acids is 1. The van der Waals surface area contributed by atoms with E-state index < -0.39 is 0 Å². The normalized spacial score (nSPS) is 11.1. The monoisotopic (exact) mass is 517 g/mol. The van der Waals surface area contributed by atoms with Gasteiger partial charge in [-0.2, -0.15) is 0 Å². The number of nitrogens with zero attached hydrogens (tertiary/aromatic N) is 1. The molecule has 37 heavy (non-hydrogen) atoms. The van der Waals surface area contributed by atoms with Gasteiger partial charge in [-0.25, -0.2) is 4.98 Å². The number of thiocarbonyl (C=S) groups is 1. The van der Waals surface area contributed by atoms with Crippen molar-refractivity contribution in [2.24, 2.45) is 5.92 Å². The molecule has 0 aliphatic rings. The molecule has 0 radical (unpaired) electrons. The molecule has 2 N–H and O–H groups in total. The number of hydrogen-bond donors (Lipinski definition) is 2. The molecule has 1 heterocycles. The number of aromatic nitrogens is 1. The fraction of sp³-hybridized carbons (Fsp3) is 0.276. The van der Waals surface area contributed by atoms with E-state index in [1.165, 1.54) is 5.56 Å². The minimum absolute atomic E-state index is 0.132. The number of amides is 1. The molecule has 0 spiro atoms. The van der Waals surface area contributed by atoms with E-state index in [-0.39, 0.29) is 11.0 Å². The highest BCUT2D eigenvalue weighted by atomic mass is 32.1. The maximum Gasteiger partial charge on any atom is 0.257 e. The van der Waals surface area contributed by atoms with Gasteiger partial charge in [0, 0.05) is 11.1 Å². The number of hydrogen-bond acceptors (Lipinski definition) is 6. The Balaban J connectivity index is 1.50. The second-order valence-corrected chi connectivity index (χ2v) is 9.87. The zero-order chi connectivity index (χ0) is 26.5. The maximum absolute atomic E-state index is 12.8. The van der Waals surface area contributed by atoms with Gasteiger partial charge in [0.2, 0.25) is 5.89 Å². The van der Waals surface area contributed by atoms with Crippen molar-refractivity contribution < 1.29 is 18.7 Å². The molecule has 0 aliphatic carbocycles. The quantitative estimate of drug-likeness (QED) is 0.249. The Hall–Kier alpha value is -3.91. The lowest BCUT2D eigenvalue weighted by Crippen LogP contribution is -2.34. The zero-order valence-electron chi connectivity index (χ0n) is 21.6. The predicted molar refractivity (Wildman–Crippen MR) is 151 cm³/mol. The topological polar surface area (TPSA) is 85.6 Å². The molecule has 0 saturated carbocycles. The van der Waals surface area contributed by atoms with Crippen molar-refractivity contribution in [2.45, 2.75) is 33.6 Å². The van der Waals surface area contributed by atoms with E-state index in [2.05, 4.69) is 49.4 Å². The number of oxazole rings is 1. The van der Waals surface area contributed by atoms with Crippen LogP contribution in [-0.2, 0) is 0 Å². The molecule has 8 heteroatoms. The zero-order valence-corrected chi connectivity index (χ0v) is 22.4. The lowest BCUT2D eigenvalue weighted by molar-refractivity contribution is 0.0977. The fourth-order valence-electron chi connectivity index (χ4n) is 3.68. The number of rotatable bonds is 8. The summed E-state index contributed by atoms with van der Waals surface area (Å²) in [5.74, 6) is 2.10. The van der Waals surface area contributed by atoms with Gasteiger partial charge in [-0.05, 0) is 78.1 Å². The van der Waals surface area contributed by atoms with E-state index in [1.807, 2.05) is 30.3 Å². The van der Waals surface area contributed by atoms with Gasteiger partial charge in [0.1, 0.15) is 17.0 Å². The van der Waals surface area contributed by atoms with Crippen LogP contribution in [0.4, 0.5) is 5.69 Å². The van der Waals surface area contributed by atoms with Crippen molar-refractivity contribution in [2.75, 3.05) is 19.0 Å². The molecule has 0 aliphatic heterocycles. The smallest absolute Gasteiger partial charge is 0.257 e. The number of fused-ring (bicyclic) bond motifs is 1. The van der Waals surface area contributed by atoms with E-state index in [0.29, 0.717) is 52.7 Å². The molecule has 0 bridgehead atoms. The third-order valence-corrected chi connectivity index (χ3v) is 5.88. The van der Waals surface area contributed by atoms with Crippen LogP contribution in [0.1, 0.15) is 49.5 Å². The molecule has 3 aromatic carbocycles. The Morgan fingerprint density at radius 3 is 2.59 bits per heavy atom. The molecular weight excluding hydrogens is 486 g/mol. The standard InChI is InChI=1S/C29H31N3O4S/c1-17(2)16-35-22-8-6-7-20(13-22)27(33)32-29(37)31-23-15-21(10-11-25(23)34-5)28-30-24-14-19(18(3)4)9-12-26(24)36-28/h6-15,17-18H,16H2,1-5H3,(H2,31,32,33,37). The van der Waals surface area contributed by atoms with Crippen molar-refractivity contribution >= 4 is 40.0 Å². The summed E-state index contributed by atoms with van der Waals surface area (Å²) >= 11 is 5.42. The van der Waals surface area contributed by atoms with Gasteiger partial charge in [-0.15, -0.1) is 0 Å². The second-order valence-electron chi connectivity index (χ2n) is 9.46. The number of carbonyl (C=O) groups is 1. The van der Waals surface area contributed by atoms with Crippen LogP contribution in [0.5, 0.6) is 11.5 Å². The van der Waals surface area contributed by atoms with Gasteiger partial charge in [0.05, 0.1) is 19.4 Å². The van der Waals surface area contributed by atoms with Crippen LogP contribution in [-0.4, -0.2) is 29.7 Å². The summed E-state index contributed by atoms with van der Waals surface area (Å²) in [6.07, 6.45) is 0. The van der Waals surface area contributed by atoms with Crippen molar-refractivity contribution in [3.05, 3.63) is 71.8 Å². The second kappa shape index (κ2) is 11.4. The fourth-order valence-corrected chi connectivity index (χ4v) is 3.89. The van der Waals surface area contributed by atoms with E-state index >= 15 is 0 Å². The van der Waals surface area contributed by atoms with Gasteiger partial charge < -0.3 is 19.2 Å². The van der Waals surface area contributed by atoms with Crippen LogP contribution in [0.2, 0.25) is 0 Å². The highest BCUT2D eigenvalue weighted by Crippen LogP contribution is 2.32. The molecule has 0 fully saturated rings. The first-order valence-corrected chi connectivity index (χ1v) is 12.6. The molecule has 0 saturated heterocycles. The molecule has 192 valence electrons. The van der Waals surface area contributed by atoms with E-state index in [4.69, 9.17) is 26.1 Å². The predicted octanol–water partition coefficient (Wildman–Crippen LogP) is 6.79. The summed E-state index contributed by atoms with van der Waals surface area (Å²) < 4.78 is 17.2. The molecule has 1 aromatic heterocycles. The number of ether oxygens (including phenoxy) is 2. The van der Waals surface area contributed by atoms with Gasteiger partial charge >= 0.3 is 0 Å². The highest BCUT2D eigenvalue weighted by Gasteiger charge is 2.15. The first-order chi connectivity index (χ1) is 17.7. The molecule has 1 amide bonds. The van der Waals surface area contributed by atoms with Gasteiger partial charge in [-0.3, -0.25) is 10.1 Å². The SMILES string of the molecule is COc1ccc(-c2nc3cc(C(C)C)ccc3o2)cc1NC(=S)NC(=O)c1cccc(OCC(C)C)c1. The Morgan fingerprint density at radius 2 is 1.86 bits per heavy atom. The van der Waals surface area contributed by atoms with Crippen LogP contribution in [0.25, 0.3) is 22.6 Å². The summed E-state index contributed by atoms with van der Waals surface area (Å²) in [7, 11) is 1.57. The number of methoxy groups -OCH3 is 1. The third kappa shape index (κ3) is 6.46. The van der Waals surface area contributed by atoms with Crippen LogP contribution in [0.3, 0.4) is 0 Å². The average molecular weight is 518 g/mol. The van der Waals surface area contributed by atoms with Crippen molar-refractivity contribution in [3.63, 3.8) is 0 Å². The lowest BCUT2D eigenvalue weighted by Gasteiger charge is -2.14. The highest BCUT2D eigenvalue weighted by molar-refractivity contribution is 7.80. The maximum atomic E-state index is 12.8. The molecule has 4 rings (SSSR count). The summed E-state index contributed by atoms with van der Waals surface area (Å²) in [5.41, 5.74) is 4.47. The van der Waals surface area contributed by atoms with Crippen molar-refractivity contribution in [1.82, 2.24) is 10.3 Å². The Kier molecular flexibility index (Phi) is 8.08. The molecule has 0 atom stereocenters. The van der Waals surface area contributed by atoms with Crippen LogP contribution < -0.4 is 20.1 Å². The first kappa shape index (κ1) is 26.2. The van der Waals surface area contributed by atoms with Gasteiger partial charge in [0.15, 0.2) is 10.7 Å². The largest absolute Gasteiger partial charge is 0.495 e. The van der Waals surface area contributed by atoms with Crippen LogP contribution in [0.15, 0.2) is 65.1 Å². The van der Waals surface area contributed by atoms with E-state index in [9.17, 15) is 4.79 Å². The molecule has 0 unspecified atom stereocenters. The average Bonchev–Trinajstić information content (AvgIpc) is 3.31. The van der Waals surface area contributed by atoms with Crippen molar-refractivity contribution in [1.29, 1.82) is 0 Å². The minimum atomic E-state index is -0.345. The van der Waals surface area contributed by atoms with Crippen LogP contribution >= 0.6 is 12.2 Å². The van der Waals surface area contributed by atoms with E-state index in [0.717, 1.165) is 11.1 Å². The number of benzene rings is 3. The molecule has 4 aromatic rings. The molecular formula is C29H31N3O4S. The summed E-state index contributed by atoms with van der Waals surface area (Å²) in [4.78, 5) is 17.5. The summed E-state index contributed by atoms with van der Waals surface area (Å²) in [6, 6.07) is 18.5. The number of anilines is 1. The molecule has 7 nitrogen and oxygen atoms in total. The summed E-state index contributed by atoms with van der Waals surface area (Å²) in [6.45, 7) is 8.99. The Morgan fingerprint density at radius 1 is 1.05 bits per heavy atom. The van der Waals surface area contributed by atoms with Crippen molar-refractivity contribution in [3.8, 4) is 23.0 Å². The first-order valence-electron chi connectivity index (χ1n) is 12.2.